The fraction of sp³-hybridized carbons (Fsp3) is 1.00. The van der Waals surface area contributed by atoms with Gasteiger partial charge in [0.05, 0.1) is 28.2 Å². The molecule has 1 saturated heterocycles. The zero-order valence-corrected chi connectivity index (χ0v) is 9.61. The summed E-state index contributed by atoms with van der Waals surface area (Å²) in [5.74, 6) is 0.705. The first kappa shape index (κ1) is 10.9. The summed E-state index contributed by atoms with van der Waals surface area (Å²) < 4.78 is 22.9. The zero-order valence-electron chi connectivity index (χ0n) is 8.79. The number of quaternary nitrogens is 2. The van der Waals surface area contributed by atoms with E-state index in [0.717, 1.165) is 0 Å². The Morgan fingerprint density at radius 1 is 0.923 bits per heavy atom. The Morgan fingerprint density at radius 3 is 1.46 bits per heavy atom. The first-order chi connectivity index (χ1) is 5.83. The fourth-order valence-electron chi connectivity index (χ4n) is 1.99. The molecule has 13 heavy (non-hydrogen) atoms. The summed E-state index contributed by atoms with van der Waals surface area (Å²) >= 11 is 0. The van der Waals surface area contributed by atoms with Crippen molar-refractivity contribution in [2.75, 3.05) is 39.7 Å². The lowest BCUT2D eigenvalue weighted by molar-refractivity contribution is -0.953. The van der Waals surface area contributed by atoms with Gasteiger partial charge in [0.15, 0.2) is 21.9 Å². The van der Waals surface area contributed by atoms with Gasteiger partial charge < -0.3 is 9.80 Å². The van der Waals surface area contributed by atoms with Gasteiger partial charge in [0, 0.05) is 0 Å². The highest BCUT2D eigenvalue weighted by Gasteiger charge is 2.45. The van der Waals surface area contributed by atoms with Crippen molar-refractivity contribution in [1.82, 2.24) is 0 Å². The number of hydrogen-bond acceptors (Lipinski definition) is 2. The van der Waals surface area contributed by atoms with Crippen molar-refractivity contribution in [3.05, 3.63) is 0 Å². The normalized spacial score (nSPS) is 33.1. The summed E-state index contributed by atoms with van der Waals surface area (Å²) in [7, 11) is 5.34. The van der Waals surface area contributed by atoms with Gasteiger partial charge in [0.1, 0.15) is 11.5 Å². The average molecular weight is 208 g/mol. The van der Waals surface area contributed by atoms with Gasteiger partial charge in [-0.3, -0.25) is 0 Å². The molecule has 1 heterocycles. The number of rotatable bonds is 2. The van der Waals surface area contributed by atoms with Crippen LogP contribution in [0.3, 0.4) is 0 Å². The van der Waals surface area contributed by atoms with Crippen molar-refractivity contribution >= 4 is 9.84 Å². The van der Waals surface area contributed by atoms with Crippen LogP contribution in [0, 0.1) is 0 Å². The second-order valence-electron chi connectivity index (χ2n) is 4.44. The Kier molecular flexibility index (Phi) is 2.99. The molecule has 2 atom stereocenters. The quantitative estimate of drug-likeness (QED) is 0.493. The van der Waals surface area contributed by atoms with Crippen LogP contribution in [0.1, 0.15) is 0 Å². The largest absolute Gasteiger partial charge is 0.332 e. The summed E-state index contributed by atoms with van der Waals surface area (Å²) in [5, 5.41) is 0. The highest BCUT2D eigenvalue weighted by atomic mass is 32.2. The molecule has 1 fully saturated rings. The third kappa shape index (κ3) is 2.42. The lowest BCUT2D eigenvalue weighted by Crippen LogP contribution is -3.21. The Hall–Kier alpha value is -0.130. The molecule has 5 heteroatoms. The summed E-state index contributed by atoms with van der Waals surface area (Å²) in [6, 6.07) is 0.519. The number of likely N-dealkylation sites (N-methyl/N-ethyl adjacent to an activating group) is 2. The summed E-state index contributed by atoms with van der Waals surface area (Å²) in [6.07, 6.45) is 0. The van der Waals surface area contributed by atoms with E-state index >= 15 is 0 Å². The fourth-order valence-corrected chi connectivity index (χ4v) is 4.35. The SMILES string of the molecule is C[NH+](C)C1CS(=O)(=O)CC1[NH+](C)C. The first-order valence-corrected chi connectivity index (χ1v) is 6.46. The highest BCUT2D eigenvalue weighted by Crippen LogP contribution is 2.07. The minimum absolute atomic E-state index is 0.259. The lowest BCUT2D eigenvalue weighted by atomic mass is 10.1. The molecule has 0 aromatic heterocycles. The standard InChI is InChI=1S/C8H18N2O2S/c1-9(2)7-5-13(11,12)6-8(7)10(3)4/h7-8H,5-6H2,1-4H3/p+2. The molecule has 0 amide bonds. The molecule has 0 aromatic rings. The van der Waals surface area contributed by atoms with E-state index in [9.17, 15) is 8.42 Å². The molecule has 1 aliphatic heterocycles. The van der Waals surface area contributed by atoms with Gasteiger partial charge in [0.25, 0.3) is 0 Å². The van der Waals surface area contributed by atoms with Gasteiger partial charge in [-0.15, -0.1) is 0 Å². The van der Waals surface area contributed by atoms with Crippen LogP contribution in [-0.2, 0) is 9.84 Å². The van der Waals surface area contributed by atoms with Crippen LogP contribution in [-0.4, -0.2) is 60.2 Å². The maximum absolute atomic E-state index is 11.4. The smallest absolute Gasteiger partial charge is 0.162 e. The van der Waals surface area contributed by atoms with Crippen LogP contribution in [0.25, 0.3) is 0 Å². The van der Waals surface area contributed by atoms with Gasteiger partial charge in [0.2, 0.25) is 0 Å². The Morgan fingerprint density at radius 2 is 1.23 bits per heavy atom. The highest BCUT2D eigenvalue weighted by molar-refractivity contribution is 7.91. The van der Waals surface area contributed by atoms with Crippen molar-refractivity contribution in [2.45, 2.75) is 12.1 Å². The lowest BCUT2D eigenvalue weighted by Gasteiger charge is -2.24. The van der Waals surface area contributed by atoms with E-state index in [-0.39, 0.29) is 12.1 Å². The molecular weight excluding hydrogens is 188 g/mol. The van der Waals surface area contributed by atoms with Gasteiger partial charge >= 0.3 is 0 Å². The molecule has 2 unspecified atom stereocenters. The van der Waals surface area contributed by atoms with Crippen LogP contribution in [0.15, 0.2) is 0 Å². The van der Waals surface area contributed by atoms with Crippen LogP contribution in [0.5, 0.6) is 0 Å². The van der Waals surface area contributed by atoms with E-state index in [1.807, 2.05) is 28.2 Å². The number of nitrogens with one attached hydrogen (secondary N) is 2. The summed E-state index contributed by atoms with van der Waals surface area (Å²) in [6.45, 7) is 0. The molecule has 0 bridgehead atoms. The van der Waals surface area contributed by atoms with Gasteiger partial charge in [-0.2, -0.15) is 0 Å². The number of sulfone groups is 1. The van der Waals surface area contributed by atoms with E-state index in [4.69, 9.17) is 0 Å². The third-order valence-corrected chi connectivity index (χ3v) is 4.57. The van der Waals surface area contributed by atoms with Crippen LogP contribution < -0.4 is 9.80 Å². The van der Waals surface area contributed by atoms with Crippen molar-refractivity contribution in [3.63, 3.8) is 0 Å². The van der Waals surface area contributed by atoms with Crippen molar-refractivity contribution < 1.29 is 18.2 Å². The summed E-state index contributed by atoms with van der Waals surface area (Å²) in [4.78, 5) is 2.49. The molecule has 0 saturated carbocycles. The number of hydrogen-bond donors (Lipinski definition) is 2. The minimum Gasteiger partial charge on any atom is -0.332 e. The molecule has 0 aliphatic carbocycles. The molecule has 78 valence electrons. The van der Waals surface area contributed by atoms with Crippen LogP contribution in [0.2, 0.25) is 0 Å². The Bertz CT molecular complexity index is 250. The molecule has 0 aromatic carbocycles. The molecule has 0 radical (unpaired) electrons. The van der Waals surface area contributed by atoms with E-state index in [1.54, 1.807) is 0 Å². The third-order valence-electron chi connectivity index (χ3n) is 2.84. The van der Waals surface area contributed by atoms with E-state index in [0.29, 0.717) is 11.5 Å². The first-order valence-electron chi connectivity index (χ1n) is 4.64. The predicted molar refractivity (Wildman–Crippen MR) is 51.9 cm³/mol. The Balaban J connectivity index is 2.84. The summed E-state index contributed by atoms with van der Waals surface area (Å²) in [5.41, 5.74) is 0. The molecular formula is C8H20N2O2S+2. The van der Waals surface area contributed by atoms with Gasteiger partial charge in [-0.25, -0.2) is 8.42 Å². The molecule has 4 nitrogen and oxygen atoms in total. The maximum Gasteiger partial charge on any atom is 0.162 e. The van der Waals surface area contributed by atoms with Crippen molar-refractivity contribution in [3.8, 4) is 0 Å². The molecule has 0 spiro atoms. The maximum atomic E-state index is 11.4. The van der Waals surface area contributed by atoms with E-state index in [2.05, 4.69) is 0 Å². The van der Waals surface area contributed by atoms with Crippen molar-refractivity contribution in [2.24, 2.45) is 0 Å². The van der Waals surface area contributed by atoms with Crippen LogP contribution >= 0.6 is 0 Å². The minimum atomic E-state index is -2.78. The second-order valence-corrected chi connectivity index (χ2v) is 6.60. The van der Waals surface area contributed by atoms with Gasteiger partial charge in [-0.1, -0.05) is 0 Å². The topological polar surface area (TPSA) is 43.0 Å². The van der Waals surface area contributed by atoms with E-state index < -0.39 is 9.84 Å². The van der Waals surface area contributed by atoms with E-state index in [1.165, 1.54) is 9.80 Å². The average Bonchev–Trinajstić information content (AvgIpc) is 2.26. The van der Waals surface area contributed by atoms with Crippen LogP contribution in [0.4, 0.5) is 0 Å². The Labute approximate surface area is 80.4 Å². The molecule has 1 aliphatic rings. The predicted octanol–water partition coefficient (Wildman–Crippen LogP) is -3.56. The second kappa shape index (κ2) is 3.55. The van der Waals surface area contributed by atoms with Gasteiger partial charge in [-0.05, 0) is 0 Å². The zero-order chi connectivity index (χ0) is 10.2. The molecule has 2 N–H and O–H groups in total. The molecule has 1 rings (SSSR count). The monoisotopic (exact) mass is 208 g/mol. The van der Waals surface area contributed by atoms with Crippen molar-refractivity contribution in [1.29, 1.82) is 0 Å².